The van der Waals surface area contributed by atoms with Crippen LogP contribution in [0.1, 0.15) is 24.9 Å². The van der Waals surface area contributed by atoms with Crippen LogP contribution < -0.4 is 5.32 Å². The Labute approximate surface area is 133 Å². The van der Waals surface area contributed by atoms with Crippen molar-refractivity contribution in [1.29, 1.82) is 5.26 Å². The van der Waals surface area contributed by atoms with E-state index in [0.29, 0.717) is 18.1 Å². The van der Waals surface area contributed by atoms with Crippen molar-refractivity contribution in [3.63, 3.8) is 0 Å². The summed E-state index contributed by atoms with van der Waals surface area (Å²) in [5.41, 5.74) is 1.16. The van der Waals surface area contributed by atoms with Gasteiger partial charge in [0, 0.05) is 6.54 Å². The summed E-state index contributed by atoms with van der Waals surface area (Å²) in [5, 5.41) is 19.8. The molecule has 114 valence electrons. The molecule has 0 aliphatic carbocycles. The van der Waals surface area contributed by atoms with Crippen LogP contribution in [0.4, 0.5) is 0 Å². The van der Waals surface area contributed by atoms with E-state index in [9.17, 15) is 4.79 Å². The van der Waals surface area contributed by atoms with Gasteiger partial charge in [-0.15, -0.1) is 10.2 Å². The fraction of sp³-hybridized carbons (Fsp3) is 0.333. The molecule has 0 radical (unpaired) electrons. The zero-order chi connectivity index (χ0) is 15.8. The summed E-state index contributed by atoms with van der Waals surface area (Å²) in [7, 11) is 0. The van der Waals surface area contributed by atoms with Crippen LogP contribution in [0, 0.1) is 11.3 Å². The van der Waals surface area contributed by atoms with Gasteiger partial charge in [0.05, 0.1) is 24.3 Å². The van der Waals surface area contributed by atoms with Crippen molar-refractivity contribution in [2.24, 2.45) is 0 Å². The first-order valence-electron chi connectivity index (χ1n) is 6.93. The highest BCUT2D eigenvalue weighted by atomic mass is 32.2. The van der Waals surface area contributed by atoms with Crippen molar-refractivity contribution in [3.05, 3.63) is 42.2 Å². The number of hydrogen-bond acceptors (Lipinski definition) is 5. The van der Waals surface area contributed by atoms with E-state index < -0.39 is 0 Å². The molecule has 0 aliphatic heterocycles. The lowest BCUT2D eigenvalue weighted by Crippen LogP contribution is -2.26. The number of aromatic nitrogens is 3. The highest BCUT2D eigenvalue weighted by Gasteiger charge is 2.14. The van der Waals surface area contributed by atoms with Gasteiger partial charge in [0.15, 0.2) is 5.16 Å². The average Bonchev–Trinajstić information content (AvgIpc) is 3.02. The summed E-state index contributed by atoms with van der Waals surface area (Å²) in [5.74, 6) is 0.146. The van der Waals surface area contributed by atoms with Crippen LogP contribution in [0.3, 0.4) is 0 Å². The lowest BCUT2D eigenvalue weighted by Gasteiger charge is -2.15. The number of nitrogens with one attached hydrogen (secondary N) is 1. The molecule has 0 saturated heterocycles. The number of thioether (sulfide) groups is 1. The summed E-state index contributed by atoms with van der Waals surface area (Å²) in [6, 6.07) is 12.1. The van der Waals surface area contributed by atoms with Crippen molar-refractivity contribution >= 4 is 17.7 Å². The lowest BCUT2D eigenvalue weighted by atomic mass is 10.1. The van der Waals surface area contributed by atoms with Crippen LogP contribution in [-0.4, -0.2) is 33.0 Å². The van der Waals surface area contributed by atoms with Gasteiger partial charge in [-0.25, -0.2) is 0 Å². The van der Waals surface area contributed by atoms with Gasteiger partial charge in [-0.05, 0) is 12.5 Å². The molecule has 7 heteroatoms. The lowest BCUT2D eigenvalue weighted by molar-refractivity contribution is -0.118. The van der Waals surface area contributed by atoms with E-state index in [2.05, 4.69) is 22.4 Å². The first-order chi connectivity index (χ1) is 10.7. The van der Waals surface area contributed by atoms with E-state index in [1.807, 2.05) is 41.0 Å². The number of carbonyl (C=O) groups is 1. The Balaban J connectivity index is 1.95. The quantitative estimate of drug-likeness (QED) is 0.624. The fourth-order valence-electron chi connectivity index (χ4n) is 1.93. The Morgan fingerprint density at radius 1 is 1.45 bits per heavy atom. The molecule has 1 aromatic carbocycles. The van der Waals surface area contributed by atoms with Crippen LogP contribution in [0.15, 0.2) is 41.8 Å². The van der Waals surface area contributed by atoms with E-state index in [4.69, 9.17) is 5.26 Å². The molecule has 1 amide bonds. The van der Waals surface area contributed by atoms with Gasteiger partial charge in [-0.1, -0.05) is 42.1 Å². The number of nitrogens with zero attached hydrogens (tertiary/aromatic N) is 4. The number of benzene rings is 1. The molecule has 2 aromatic rings. The molecule has 1 atom stereocenters. The fourth-order valence-corrected chi connectivity index (χ4v) is 2.75. The van der Waals surface area contributed by atoms with Crippen LogP contribution >= 0.6 is 11.8 Å². The molecule has 0 aliphatic rings. The van der Waals surface area contributed by atoms with Gasteiger partial charge in [-0.2, -0.15) is 5.26 Å². The van der Waals surface area contributed by atoms with E-state index in [0.717, 1.165) is 5.56 Å². The zero-order valence-electron chi connectivity index (χ0n) is 12.3. The van der Waals surface area contributed by atoms with Crippen molar-refractivity contribution < 1.29 is 4.79 Å². The smallest absolute Gasteiger partial charge is 0.230 e. The molecule has 0 spiro atoms. The van der Waals surface area contributed by atoms with Crippen LogP contribution in [0.25, 0.3) is 0 Å². The highest BCUT2D eigenvalue weighted by Crippen LogP contribution is 2.23. The number of carbonyl (C=O) groups excluding carboxylic acids is 1. The maximum absolute atomic E-state index is 11.7. The standard InChI is InChI=1S/C15H17N5OS/c1-12(13-6-3-2-4-7-13)20-11-18-19-15(20)22-10-14(21)17-9-5-8-16/h2-4,6-7,11-12H,5,9-10H2,1H3,(H,17,21)/t12-/m0/s1. The molecule has 0 fully saturated rings. The summed E-state index contributed by atoms with van der Waals surface area (Å²) >= 11 is 1.34. The number of nitriles is 1. The van der Waals surface area contributed by atoms with E-state index >= 15 is 0 Å². The summed E-state index contributed by atoms with van der Waals surface area (Å²) in [6.45, 7) is 2.44. The van der Waals surface area contributed by atoms with Gasteiger partial charge < -0.3 is 9.88 Å². The number of hydrogen-bond donors (Lipinski definition) is 1. The second kappa shape index (κ2) is 8.20. The Morgan fingerprint density at radius 3 is 2.95 bits per heavy atom. The van der Waals surface area contributed by atoms with Gasteiger partial charge in [0.1, 0.15) is 6.33 Å². The third-order valence-corrected chi connectivity index (χ3v) is 4.09. The zero-order valence-corrected chi connectivity index (χ0v) is 13.1. The molecule has 1 N–H and O–H groups in total. The monoisotopic (exact) mass is 315 g/mol. The minimum Gasteiger partial charge on any atom is -0.354 e. The van der Waals surface area contributed by atoms with Crippen molar-refractivity contribution in [2.75, 3.05) is 12.3 Å². The van der Waals surface area contributed by atoms with Gasteiger partial charge in [-0.3, -0.25) is 4.79 Å². The van der Waals surface area contributed by atoms with Crippen molar-refractivity contribution in [2.45, 2.75) is 24.5 Å². The van der Waals surface area contributed by atoms with Crippen molar-refractivity contribution in [3.8, 4) is 6.07 Å². The van der Waals surface area contributed by atoms with Crippen LogP contribution in [-0.2, 0) is 4.79 Å². The third-order valence-electron chi connectivity index (χ3n) is 3.13. The first-order valence-corrected chi connectivity index (χ1v) is 7.92. The summed E-state index contributed by atoms with van der Waals surface area (Å²) < 4.78 is 1.95. The summed E-state index contributed by atoms with van der Waals surface area (Å²) in [6.07, 6.45) is 1.99. The molecule has 22 heavy (non-hydrogen) atoms. The van der Waals surface area contributed by atoms with Crippen molar-refractivity contribution in [1.82, 2.24) is 20.1 Å². The summed E-state index contributed by atoms with van der Waals surface area (Å²) in [4.78, 5) is 11.7. The molecule has 0 bridgehead atoms. The Kier molecular flexibility index (Phi) is 5.98. The second-order valence-electron chi connectivity index (χ2n) is 4.65. The van der Waals surface area contributed by atoms with Gasteiger partial charge >= 0.3 is 0 Å². The van der Waals surface area contributed by atoms with E-state index in [1.54, 1.807) is 6.33 Å². The second-order valence-corrected chi connectivity index (χ2v) is 5.60. The highest BCUT2D eigenvalue weighted by molar-refractivity contribution is 7.99. The predicted molar refractivity (Wildman–Crippen MR) is 84.2 cm³/mol. The SMILES string of the molecule is C[C@@H](c1ccccc1)n1cnnc1SCC(=O)NCCC#N. The predicted octanol–water partition coefficient (Wildman–Crippen LogP) is 2.01. The minimum atomic E-state index is -0.109. The molecule has 0 unspecified atom stereocenters. The first kappa shape index (κ1) is 16.0. The molecule has 1 aromatic heterocycles. The Bertz CT molecular complexity index is 649. The van der Waals surface area contributed by atoms with Gasteiger partial charge in [0.2, 0.25) is 5.91 Å². The molecular weight excluding hydrogens is 298 g/mol. The van der Waals surface area contributed by atoms with Gasteiger partial charge in [0.25, 0.3) is 0 Å². The van der Waals surface area contributed by atoms with E-state index in [-0.39, 0.29) is 17.7 Å². The Hall–Kier alpha value is -2.33. The maximum atomic E-state index is 11.7. The number of rotatable bonds is 7. The maximum Gasteiger partial charge on any atom is 0.230 e. The van der Waals surface area contributed by atoms with E-state index in [1.165, 1.54) is 11.8 Å². The molecule has 2 rings (SSSR count). The van der Waals surface area contributed by atoms with Crippen LogP contribution in [0.5, 0.6) is 0 Å². The topological polar surface area (TPSA) is 83.6 Å². The molecule has 0 saturated carbocycles. The molecular formula is C15H17N5OS. The molecule has 1 heterocycles. The number of amides is 1. The normalized spacial score (nSPS) is 11.6. The molecule has 6 nitrogen and oxygen atoms in total. The van der Waals surface area contributed by atoms with Crippen LogP contribution in [0.2, 0.25) is 0 Å². The Morgan fingerprint density at radius 2 is 2.23 bits per heavy atom. The largest absolute Gasteiger partial charge is 0.354 e. The average molecular weight is 315 g/mol. The minimum absolute atomic E-state index is 0.0975. The third kappa shape index (κ3) is 4.33.